The fourth-order valence-electron chi connectivity index (χ4n) is 4.54. The molecule has 1 aliphatic carbocycles. The van der Waals surface area contributed by atoms with Crippen molar-refractivity contribution in [1.29, 1.82) is 0 Å². The number of methoxy groups -OCH3 is 1. The minimum atomic E-state index is -4.88. The number of hydrogen-bond acceptors (Lipinski definition) is 4. The van der Waals surface area contributed by atoms with Gasteiger partial charge >= 0.3 is 6.18 Å². The second-order valence-corrected chi connectivity index (χ2v) is 11.0. The number of rotatable bonds is 5. The highest BCUT2D eigenvalue weighted by molar-refractivity contribution is 7.89. The molecule has 1 aromatic rings. The number of sulfonamides is 1. The summed E-state index contributed by atoms with van der Waals surface area (Å²) in [6.45, 7) is 0.479. The van der Waals surface area contributed by atoms with Gasteiger partial charge in [0.15, 0.2) is 0 Å². The van der Waals surface area contributed by atoms with E-state index in [1.54, 1.807) is 0 Å². The maximum atomic E-state index is 13.8. The smallest absolute Gasteiger partial charge is 0.420 e. The third-order valence-electron chi connectivity index (χ3n) is 6.52. The zero-order valence-corrected chi connectivity index (χ0v) is 19.7. The molecule has 0 N–H and O–H groups in total. The summed E-state index contributed by atoms with van der Waals surface area (Å²) in [5.74, 6) is -6.72. The Morgan fingerprint density at radius 1 is 1.12 bits per heavy atom. The van der Waals surface area contributed by atoms with Crippen LogP contribution in [0.1, 0.15) is 51.0 Å². The number of anilines is 1. The minimum Gasteiger partial charge on any atom is -0.496 e. The molecular weight excluding hydrogens is 493 g/mol. The highest BCUT2D eigenvalue weighted by Gasteiger charge is 2.45. The van der Waals surface area contributed by atoms with E-state index in [4.69, 9.17) is 4.74 Å². The minimum absolute atomic E-state index is 0.0831. The third kappa shape index (κ3) is 5.55. The number of likely N-dealkylation sites (N-methyl/N-ethyl adjacent to an activating group) is 1. The predicted molar refractivity (Wildman–Crippen MR) is 111 cm³/mol. The second-order valence-electron chi connectivity index (χ2n) is 9.04. The van der Waals surface area contributed by atoms with Gasteiger partial charge in [0.2, 0.25) is 21.9 Å². The Hall–Kier alpha value is -1.76. The van der Waals surface area contributed by atoms with Gasteiger partial charge in [-0.1, -0.05) is 0 Å². The lowest BCUT2D eigenvalue weighted by Crippen LogP contribution is -2.47. The largest absolute Gasteiger partial charge is 0.496 e. The molecule has 1 aliphatic heterocycles. The van der Waals surface area contributed by atoms with E-state index >= 15 is 0 Å². The molecule has 1 heterocycles. The molecule has 0 saturated heterocycles. The second kappa shape index (κ2) is 9.03. The van der Waals surface area contributed by atoms with Crippen LogP contribution in [0.5, 0.6) is 5.75 Å². The van der Waals surface area contributed by atoms with Crippen molar-refractivity contribution >= 4 is 15.7 Å². The van der Waals surface area contributed by atoms with Crippen molar-refractivity contribution in [1.82, 2.24) is 4.31 Å². The third-order valence-corrected chi connectivity index (χ3v) is 8.46. The van der Waals surface area contributed by atoms with Crippen molar-refractivity contribution in [2.24, 2.45) is 0 Å². The molecule has 13 heteroatoms. The van der Waals surface area contributed by atoms with E-state index in [1.807, 2.05) is 0 Å². The average molecular weight is 521 g/mol. The zero-order valence-electron chi connectivity index (χ0n) is 18.9. The molecule has 0 bridgehead atoms. The normalized spacial score (nSPS) is 23.9. The Morgan fingerprint density at radius 2 is 1.71 bits per heavy atom. The first kappa shape index (κ1) is 26.8. The van der Waals surface area contributed by atoms with E-state index in [-0.39, 0.29) is 31.5 Å². The summed E-state index contributed by atoms with van der Waals surface area (Å²) >= 11 is 0. The van der Waals surface area contributed by atoms with Crippen molar-refractivity contribution in [2.75, 3.05) is 25.6 Å². The van der Waals surface area contributed by atoms with Crippen molar-refractivity contribution in [3.8, 4) is 5.75 Å². The van der Waals surface area contributed by atoms with Gasteiger partial charge in [0.1, 0.15) is 10.6 Å². The summed E-state index contributed by atoms with van der Waals surface area (Å²) in [6.07, 6.45) is -6.98. The van der Waals surface area contributed by atoms with Crippen LogP contribution in [0.4, 0.5) is 36.4 Å². The van der Waals surface area contributed by atoms with Crippen LogP contribution in [0.25, 0.3) is 0 Å². The molecule has 34 heavy (non-hydrogen) atoms. The van der Waals surface area contributed by atoms with Gasteiger partial charge in [0, 0.05) is 51.0 Å². The molecular formula is C21H27F7N2O3S. The predicted octanol–water partition coefficient (Wildman–Crippen LogP) is 5.54. The van der Waals surface area contributed by atoms with Crippen LogP contribution in [-0.2, 0) is 16.2 Å². The van der Waals surface area contributed by atoms with Gasteiger partial charge in [-0.15, -0.1) is 0 Å². The van der Waals surface area contributed by atoms with Crippen LogP contribution in [-0.4, -0.2) is 57.4 Å². The number of benzene rings is 1. The summed E-state index contributed by atoms with van der Waals surface area (Å²) in [5, 5.41) is 0. The van der Waals surface area contributed by atoms with Gasteiger partial charge in [-0.25, -0.2) is 26.0 Å². The highest BCUT2D eigenvalue weighted by atomic mass is 32.2. The Balaban J connectivity index is 2.17. The molecule has 0 unspecified atom stereocenters. The maximum Gasteiger partial charge on any atom is 0.420 e. The van der Waals surface area contributed by atoms with Crippen LogP contribution in [0.3, 0.4) is 0 Å². The van der Waals surface area contributed by atoms with Crippen LogP contribution >= 0.6 is 0 Å². The van der Waals surface area contributed by atoms with Crippen LogP contribution in [0, 0.1) is 0 Å². The summed E-state index contributed by atoms with van der Waals surface area (Å²) in [4.78, 5) is 0.890. The van der Waals surface area contributed by atoms with Gasteiger partial charge in [-0.05, 0) is 32.3 Å². The first-order chi connectivity index (χ1) is 15.5. The van der Waals surface area contributed by atoms with E-state index < -0.39 is 75.6 Å². The Kier molecular flexibility index (Phi) is 7.13. The number of ether oxygens (including phenoxy) is 1. The standard InChI is InChI=1S/C21H27F7N2O3S/c1-19(22,23)7-4-14-12-30(13-5-8-20(24,25)9-6-13)16-10-15(21(26,27)28)17(33-3)11-18(16)34(31,32)29(14)2/h10-11,13-14H,4-9,12H2,1-3H3/t14-/m1/s1. The van der Waals surface area contributed by atoms with Gasteiger partial charge in [0.05, 0.1) is 18.4 Å². The Labute approximate surface area is 193 Å². The van der Waals surface area contributed by atoms with E-state index in [0.29, 0.717) is 13.0 Å². The summed E-state index contributed by atoms with van der Waals surface area (Å²) in [6, 6.07) is -0.265. The van der Waals surface area contributed by atoms with E-state index in [0.717, 1.165) is 17.5 Å². The van der Waals surface area contributed by atoms with Crippen molar-refractivity contribution in [3.63, 3.8) is 0 Å². The molecule has 1 saturated carbocycles. The van der Waals surface area contributed by atoms with Crippen molar-refractivity contribution < 1.29 is 43.9 Å². The van der Waals surface area contributed by atoms with E-state index in [2.05, 4.69) is 0 Å². The Bertz CT molecular complexity index is 999. The van der Waals surface area contributed by atoms with Crippen LogP contribution < -0.4 is 9.64 Å². The van der Waals surface area contributed by atoms with Gasteiger partial charge in [-0.2, -0.15) is 17.5 Å². The molecule has 0 aromatic heterocycles. The van der Waals surface area contributed by atoms with Crippen LogP contribution in [0.15, 0.2) is 17.0 Å². The molecule has 1 fully saturated rings. The van der Waals surface area contributed by atoms with E-state index in [9.17, 15) is 39.2 Å². The number of alkyl halides is 7. The van der Waals surface area contributed by atoms with Crippen molar-refractivity contribution in [2.45, 2.75) is 80.4 Å². The average Bonchev–Trinajstić information content (AvgIpc) is 2.78. The molecule has 0 spiro atoms. The highest BCUT2D eigenvalue weighted by Crippen LogP contribution is 2.46. The number of hydrogen-bond donors (Lipinski definition) is 0. The molecule has 194 valence electrons. The lowest BCUT2D eigenvalue weighted by molar-refractivity contribution is -0.138. The molecule has 1 atom stereocenters. The quantitative estimate of drug-likeness (QED) is 0.479. The molecule has 3 rings (SSSR count). The lowest BCUT2D eigenvalue weighted by Gasteiger charge is -2.40. The number of nitrogens with zero attached hydrogens (tertiary/aromatic N) is 2. The van der Waals surface area contributed by atoms with Gasteiger partial charge < -0.3 is 9.64 Å². The molecule has 2 aliphatic rings. The molecule has 0 amide bonds. The number of halogens is 7. The fourth-order valence-corrected chi connectivity index (χ4v) is 6.11. The first-order valence-corrected chi connectivity index (χ1v) is 12.2. The number of fused-ring (bicyclic) bond motifs is 1. The van der Waals surface area contributed by atoms with Crippen molar-refractivity contribution in [3.05, 3.63) is 17.7 Å². The maximum absolute atomic E-state index is 13.8. The SMILES string of the molecule is COc1cc2c(cc1C(F)(F)F)N(C1CCC(F)(F)CC1)C[C@@H](CCC(C)(F)F)N(C)S2(=O)=O. The Morgan fingerprint density at radius 3 is 2.21 bits per heavy atom. The van der Waals surface area contributed by atoms with E-state index in [1.165, 1.54) is 11.9 Å². The van der Waals surface area contributed by atoms with Gasteiger partial charge in [0.25, 0.3) is 0 Å². The van der Waals surface area contributed by atoms with Crippen LogP contribution in [0.2, 0.25) is 0 Å². The summed E-state index contributed by atoms with van der Waals surface area (Å²) in [5.41, 5.74) is -1.50. The molecule has 5 nitrogen and oxygen atoms in total. The summed E-state index contributed by atoms with van der Waals surface area (Å²) < 4.78 is 128. The lowest BCUT2D eigenvalue weighted by atomic mass is 9.90. The summed E-state index contributed by atoms with van der Waals surface area (Å²) in [7, 11) is -2.26. The first-order valence-electron chi connectivity index (χ1n) is 10.8. The zero-order chi connectivity index (χ0) is 25.7. The fraction of sp³-hybridized carbons (Fsp3) is 0.714. The molecule has 0 radical (unpaired) electrons. The monoisotopic (exact) mass is 520 g/mol. The molecule has 1 aromatic carbocycles. The topological polar surface area (TPSA) is 49.9 Å². The van der Waals surface area contributed by atoms with Gasteiger partial charge in [-0.3, -0.25) is 0 Å².